The van der Waals surface area contributed by atoms with Crippen molar-refractivity contribution in [2.75, 3.05) is 30.2 Å². The third kappa shape index (κ3) is 4.64. The average Bonchev–Trinajstić information content (AvgIpc) is 2.41. The molecule has 1 aliphatic rings. The van der Waals surface area contributed by atoms with Crippen molar-refractivity contribution in [3.8, 4) is 5.88 Å². The number of sulfonamides is 1. The lowest BCUT2D eigenvalue weighted by atomic mass is 10.0. The predicted molar refractivity (Wildman–Crippen MR) is 78.4 cm³/mol. The number of nitrogens with one attached hydrogen (secondary N) is 2. The highest BCUT2D eigenvalue weighted by Crippen LogP contribution is 2.17. The van der Waals surface area contributed by atoms with Crippen LogP contribution in [-0.4, -0.2) is 38.9 Å². The van der Waals surface area contributed by atoms with E-state index in [2.05, 4.69) is 15.0 Å². The molecule has 2 N–H and O–H groups in total. The standard InChI is InChI=1S/C13H21N3O3S/c1-2-19-13-4-3-12(9-15-13)16-20(17,18)10-11-5-7-14-8-6-11/h3-4,9,11,14,16H,2,5-8,10H2,1H3. The van der Waals surface area contributed by atoms with E-state index in [1.165, 1.54) is 6.20 Å². The maximum atomic E-state index is 12.1. The van der Waals surface area contributed by atoms with E-state index in [1.807, 2.05) is 6.92 Å². The Balaban J connectivity index is 1.93. The van der Waals surface area contributed by atoms with Crippen LogP contribution in [0.15, 0.2) is 18.3 Å². The van der Waals surface area contributed by atoms with Gasteiger partial charge in [-0.25, -0.2) is 13.4 Å². The Morgan fingerprint density at radius 3 is 2.75 bits per heavy atom. The molecule has 0 amide bonds. The Morgan fingerprint density at radius 2 is 2.15 bits per heavy atom. The number of hydrogen-bond acceptors (Lipinski definition) is 5. The van der Waals surface area contributed by atoms with Gasteiger partial charge < -0.3 is 10.1 Å². The molecule has 2 rings (SSSR count). The van der Waals surface area contributed by atoms with Gasteiger partial charge in [0, 0.05) is 6.07 Å². The number of hydrogen-bond donors (Lipinski definition) is 2. The monoisotopic (exact) mass is 299 g/mol. The van der Waals surface area contributed by atoms with Gasteiger partial charge in [-0.05, 0) is 44.8 Å². The van der Waals surface area contributed by atoms with Crippen LogP contribution in [0.4, 0.5) is 5.69 Å². The Hall–Kier alpha value is -1.34. The maximum absolute atomic E-state index is 12.1. The van der Waals surface area contributed by atoms with E-state index in [-0.39, 0.29) is 11.7 Å². The summed E-state index contributed by atoms with van der Waals surface area (Å²) in [5.41, 5.74) is 0.474. The minimum atomic E-state index is -3.32. The van der Waals surface area contributed by atoms with E-state index in [0.717, 1.165) is 25.9 Å². The van der Waals surface area contributed by atoms with Crippen LogP contribution in [0.2, 0.25) is 0 Å². The predicted octanol–water partition coefficient (Wildman–Crippen LogP) is 1.22. The summed E-state index contributed by atoms with van der Waals surface area (Å²) in [4.78, 5) is 4.04. The van der Waals surface area contributed by atoms with Crippen LogP contribution < -0.4 is 14.8 Å². The number of aromatic nitrogens is 1. The molecular weight excluding hydrogens is 278 g/mol. The molecule has 1 saturated heterocycles. The molecule has 6 nitrogen and oxygen atoms in total. The van der Waals surface area contributed by atoms with Crippen LogP contribution in [-0.2, 0) is 10.0 Å². The fourth-order valence-electron chi connectivity index (χ4n) is 2.25. The molecule has 0 radical (unpaired) electrons. The molecule has 0 spiro atoms. The molecule has 0 aliphatic carbocycles. The summed E-state index contributed by atoms with van der Waals surface area (Å²) in [6, 6.07) is 3.32. The van der Waals surface area contributed by atoms with Gasteiger partial charge in [0.2, 0.25) is 15.9 Å². The summed E-state index contributed by atoms with van der Waals surface area (Å²) < 4.78 is 32.0. The highest BCUT2D eigenvalue weighted by atomic mass is 32.2. The fraction of sp³-hybridized carbons (Fsp3) is 0.615. The Bertz CT molecular complexity index is 510. The van der Waals surface area contributed by atoms with Gasteiger partial charge in [-0.15, -0.1) is 0 Å². The summed E-state index contributed by atoms with van der Waals surface area (Å²) in [7, 11) is -3.32. The second kappa shape index (κ2) is 6.90. The average molecular weight is 299 g/mol. The van der Waals surface area contributed by atoms with Crippen LogP contribution in [0.3, 0.4) is 0 Å². The normalized spacial score (nSPS) is 16.9. The van der Waals surface area contributed by atoms with Gasteiger partial charge in [0.1, 0.15) is 0 Å². The zero-order chi connectivity index (χ0) is 14.4. The summed E-state index contributed by atoms with van der Waals surface area (Å²) in [5.74, 6) is 0.889. The van der Waals surface area contributed by atoms with Gasteiger partial charge >= 0.3 is 0 Å². The van der Waals surface area contributed by atoms with Crippen molar-refractivity contribution < 1.29 is 13.2 Å². The summed E-state index contributed by atoms with van der Waals surface area (Å²) >= 11 is 0. The molecule has 7 heteroatoms. The van der Waals surface area contributed by atoms with Crippen LogP contribution in [0.1, 0.15) is 19.8 Å². The molecule has 20 heavy (non-hydrogen) atoms. The topological polar surface area (TPSA) is 80.3 Å². The second-order valence-corrected chi connectivity index (χ2v) is 6.66. The van der Waals surface area contributed by atoms with Crippen molar-refractivity contribution in [3.05, 3.63) is 18.3 Å². The van der Waals surface area contributed by atoms with E-state index in [1.54, 1.807) is 12.1 Å². The fourth-order valence-corrected chi connectivity index (χ4v) is 3.77. The molecule has 2 heterocycles. The van der Waals surface area contributed by atoms with Gasteiger partial charge in [-0.3, -0.25) is 4.72 Å². The molecule has 0 aromatic carbocycles. The van der Waals surface area contributed by atoms with Crippen molar-refractivity contribution in [2.45, 2.75) is 19.8 Å². The maximum Gasteiger partial charge on any atom is 0.233 e. The minimum Gasteiger partial charge on any atom is -0.478 e. The first kappa shape index (κ1) is 15.1. The van der Waals surface area contributed by atoms with Crippen molar-refractivity contribution >= 4 is 15.7 Å². The van der Waals surface area contributed by atoms with E-state index in [0.29, 0.717) is 18.2 Å². The van der Waals surface area contributed by atoms with Crippen LogP contribution in [0, 0.1) is 5.92 Å². The molecule has 1 fully saturated rings. The highest BCUT2D eigenvalue weighted by Gasteiger charge is 2.21. The van der Waals surface area contributed by atoms with Crippen LogP contribution in [0.25, 0.3) is 0 Å². The zero-order valence-electron chi connectivity index (χ0n) is 11.6. The Morgan fingerprint density at radius 1 is 1.40 bits per heavy atom. The third-order valence-corrected chi connectivity index (χ3v) is 4.67. The van der Waals surface area contributed by atoms with Gasteiger partial charge in [-0.1, -0.05) is 0 Å². The third-order valence-electron chi connectivity index (χ3n) is 3.22. The molecule has 112 valence electrons. The molecule has 1 aromatic heterocycles. The minimum absolute atomic E-state index is 0.169. The van der Waals surface area contributed by atoms with Crippen molar-refractivity contribution in [3.63, 3.8) is 0 Å². The van der Waals surface area contributed by atoms with E-state index < -0.39 is 10.0 Å². The van der Waals surface area contributed by atoms with Gasteiger partial charge in [0.25, 0.3) is 0 Å². The second-order valence-electron chi connectivity index (χ2n) is 4.89. The first-order valence-electron chi connectivity index (χ1n) is 6.89. The van der Waals surface area contributed by atoms with Crippen LogP contribution >= 0.6 is 0 Å². The highest BCUT2D eigenvalue weighted by molar-refractivity contribution is 7.92. The summed E-state index contributed by atoms with van der Waals surface area (Å²) in [5, 5.41) is 3.23. The molecule has 0 saturated carbocycles. The number of ether oxygens (including phenoxy) is 1. The number of pyridine rings is 1. The number of rotatable bonds is 6. The summed E-state index contributed by atoms with van der Waals surface area (Å²) in [6.07, 6.45) is 3.29. The lowest BCUT2D eigenvalue weighted by molar-refractivity contribution is 0.327. The van der Waals surface area contributed by atoms with Crippen molar-refractivity contribution in [2.24, 2.45) is 5.92 Å². The van der Waals surface area contributed by atoms with Crippen LogP contribution in [0.5, 0.6) is 5.88 Å². The molecule has 0 bridgehead atoms. The van der Waals surface area contributed by atoms with E-state index in [9.17, 15) is 8.42 Å². The van der Waals surface area contributed by atoms with Crippen molar-refractivity contribution in [1.29, 1.82) is 0 Å². The van der Waals surface area contributed by atoms with E-state index in [4.69, 9.17) is 4.74 Å². The first-order valence-corrected chi connectivity index (χ1v) is 8.54. The molecule has 0 atom stereocenters. The van der Waals surface area contributed by atoms with Gasteiger partial charge in [-0.2, -0.15) is 0 Å². The smallest absolute Gasteiger partial charge is 0.233 e. The molecular formula is C13H21N3O3S. The number of nitrogens with zero attached hydrogens (tertiary/aromatic N) is 1. The van der Waals surface area contributed by atoms with Gasteiger partial charge in [0.05, 0.1) is 24.2 Å². The molecule has 1 aromatic rings. The Labute approximate surface area is 120 Å². The first-order chi connectivity index (χ1) is 9.59. The lowest BCUT2D eigenvalue weighted by Crippen LogP contribution is -2.33. The Kier molecular flexibility index (Phi) is 5.19. The SMILES string of the molecule is CCOc1ccc(NS(=O)(=O)CC2CCNCC2)cn1. The van der Waals surface area contributed by atoms with E-state index >= 15 is 0 Å². The lowest BCUT2D eigenvalue weighted by Gasteiger charge is -2.22. The largest absolute Gasteiger partial charge is 0.478 e. The summed E-state index contributed by atoms with van der Waals surface area (Å²) in [6.45, 7) is 4.20. The zero-order valence-corrected chi connectivity index (χ0v) is 12.4. The quantitative estimate of drug-likeness (QED) is 0.825. The molecule has 0 unspecified atom stereocenters. The van der Waals surface area contributed by atoms with Crippen molar-refractivity contribution in [1.82, 2.24) is 10.3 Å². The van der Waals surface area contributed by atoms with Gasteiger partial charge in [0.15, 0.2) is 0 Å². The number of anilines is 1. The molecule has 1 aliphatic heterocycles. The number of piperidine rings is 1.